The highest BCUT2D eigenvalue weighted by molar-refractivity contribution is 5.32. The van der Waals surface area contributed by atoms with Crippen molar-refractivity contribution >= 4 is 0 Å². The fraction of sp³-hybridized carbons (Fsp3) is 0.385. The Labute approximate surface area is 94.7 Å². The van der Waals surface area contributed by atoms with Gasteiger partial charge in [-0.15, -0.1) is 0 Å². The van der Waals surface area contributed by atoms with Gasteiger partial charge in [0.15, 0.2) is 0 Å². The highest BCUT2D eigenvalue weighted by atomic mass is 19.3. The lowest BCUT2D eigenvalue weighted by atomic mass is 10.0. The molecule has 0 amide bonds. The second kappa shape index (κ2) is 5.64. The van der Waals surface area contributed by atoms with E-state index in [0.717, 1.165) is 5.56 Å². The molecule has 3 heteroatoms. The number of methoxy groups -OCH3 is 1. The Balaban J connectivity index is 2.82. The fourth-order valence-electron chi connectivity index (χ4n) is 1.52. The van der Waals surface area contributed by atoms with E-state index in [2.05, 4.69) is 6.58 Å². The second-order valence-electron chi connectivity index (χ2n) is 3.75. The first-order valence-corrected chi connectivity index (χ1v) is 5.14. The van der Waals surface area contributed by atoms with E-state index in [0.29, 0.717) is 24.2 Å². The number of ether oxygens (including phenoxy) is 1. The van der Waals surface area contributed by atoms with Gasteiger partial charge in [0.2, 0.25) is 0 Å². The minimum absolute atomic E-state index is 0.115. The second-order valence-corrected chi connectivity index (χ2v) is 3.75. The molecule has 1 aromatic carbocycles. The maximum absolute atomic E-state index is 12.8. The number of rotatable bonds is 5. The summed E-state index contributed by atoms with van der Waals surface area (Å²) in [6.45, 7) is 5.48. The van der Waals surface area contributed by atoms with Crippen LogP contribution < -0.4 is 0 Å². The van der Waals surface area contributed by atoms with Crippen molar-refractivity contribution in [2.75, 3.05) is 7.11 Å². The highest BCUT2D eigenvalue weighted by Crippen LogP contribution is 2.25. The Morgan fingerprint density at radius 1 is 1.44 bits per heavy atom. The van der Waals surface area contributed by atoms with Gasteiger partial charge in [0.25, 0.3) is 6.43 Å². The Morgan fingerprint density at radius 3 is 2.69 bits per heavy atom. The Kier molecular flexibility index (Phi) is 4.47. The number of alkyl halides is 2. The summed E-state index contributed by atoms with van der Waals surface area (Å²) < 4.78 is 30.4. The predicted molar refractivity (Wildman–Crippen MR) is 60.6 cm³/mol. The zero-order valence-corrected chi connectivity index (χ0v) is 9.59. The van der Waals surface area contributed by atoms with E-state index in [-0.39, 0.29) is 5.56 Å². The Morgan fingerprint density at radius 2 is 2.12 bits per heavy atom. The molecule has 88 valence electrons. The molecular formula is C13H16F2O. The van der Waals surface area contributed by atoms with Gasteiger partial charge in [-0.05, 0) is 18.9 Å². The molecule has 0 aromatic heterocycles. The fourth-order valence-corrected chi connectivity index (χ4v) is 1.52. The van der Waals surface area contributed by atoms with Gasteiger partial charge in [-0.2, -0.15) is 0 Å². The summed E-state index contributed by atoms with van der Waals surface area (Å²) >= 11 is 0. The normalized spacial score (nSPS) is 10.6. The summed E-state index contributed by atoms with van der Waals surface area (Å²) in [7, 11) is 1.53. The van der Waals surface area contributed by atoms with Crippen LogP contribution in [0.2, 0.25) is 0 Å². The number of hydrogen-bond acceptors (Lipinski definition) is 1. The third-order valence-corrected chi connectivity index (χ3v) is 2.50. The van der Waals surface area contributed by atoms with Crippen molar-refractivity contribution in [3.05, 3.63) is 47.2 Å². The first kappa shape index (κ1) is 12.7. The number of allylic oxidation sites excluding steroid dienone is 1. The maximum atomic E-state index is 12.8. The van der Waals surface area contributed by atoms with Crippen LogP contribution in [0.3, 0.4) is 0 Å². The number of hydrogen-bond donors (Lipinski definition) is 0. The largest absolute Gasteiger partial charge is 0.502 e. The molecule has 0 fully saturated rings. The van der Waals surface area contributed by atoms with Crippen LogP contribution in [0.25, 0.3) is 0 Å². The van der Waals surface area contributed by atoms with Crippen LogP contribution in [0.15, 0.2) is 30.5 Å². The highest BCUT2D eigenvalue weighted by Gasteiger charge is 2.12. The molecule has 0 radical (unpaired) electrons. The van der Waals surface area contributed by atoms with Crippen molar-refractivity contribution in [3.8, 4) is 0 Å². The molecular weight excluding hydrogens is 210 g/mol. The molecule has 0 aliphatic heterocycles. The summed E-state index contributed by atoms with van der Waals surface area (Å²) in [6.07, 6.45) is -1.32. The lowest BCUT2D eigenvalue weighted by Crippen LogP contribution is -1.97. The van der Waals surface area contributed by atoms with Crippen LogP contribution in [-0.4, -0.2) is 7.11 Å². The van der Waals surface area contributed by atoms with Crippen molar-refractivity contribution in [1.29, 1.82) is 0 Å². The molecule has 0 saturated heterocycles. The molecule has 0 bridgehead atoms. The van der Waals surface area contributed by atoms with Crippen molar-refractivity contribution in [3.63, 3.8) is 0 Å². The van der Waals surface area contributed by atoms with Crippen molar-refractivity contribution in [2.45, 2.75) is 26.2 Å². The van der Waals surface area contributed by atoms with E-state index in [1.165, 1.54) is 13.2 Å². The van der Waals surface area contributed by atoms with Crippen LogP contribution in [0.5, 0.6) is 0 Å². The Hall–Kier alpha value is -1.38. The SMILES string of the molecule is C=C(CCc1ccc(C)cc1C(F)F)OC. The van der Waals surface area contributed by atoms with Crippen LogP contribution >= 0.6 is 0 Å². The molecule has 0 aliphatic rings. The third kappa shape index (κ3) is 3.33. The average Bonchev–Trinajstić information content (AvgIpc) is 2.26. The smallest absolute Gasteiger partial charge is 0.264 e. The predicted octanol–water partition coefficient (Wildman–Crippen LogP) is 4.03. The van der Waals surface area contributed by atoms with E-state index in [4.69, 9.17) is 4.74 Å². The third-order valence-electron chi connectivity index (χ3n) is 2.50. The monoisotopic (exact) mass is 226 g/mol. The van der Waals surface area contributed by atoms with Gasteiger partial charge in [0.1, 0.15) is 0 Å². The minimum atomic E-state index is -2.43. The summed E-state index contributed by atoms with van der Waals surface area (Å²) in [5, 5.41) is 0. The lowest BCUT2D eigenvalue weighted by Gasteiger charge is -2.10. The number of benzene rings is 1. The van der Waals surface area contributed by atoms with Gasteiger partial charge >= 0.3 is 0 Å². The Bertz CT molecular complexity index is 372. The summed E-state index contributed by atoms with van der Waals surface area (Å²) in [5.41, 5.74) is 1.63. The van der Waals surface area contributed by atoms with Crippen molar-refractivity contribution in [2.24, 2.45) is 0 Å². The van der Waals surface area contributed by atoms with Gasteiger partial charge in [0, 0.05) is 12.0 Å². The van der Waals surface area contributed by atoms with Gasteiger partial charge in [-0.25, -0.2) is 8.78 Å². The van der Waals surface area contributed by atoms with Crippen LogP contribution in [0.4, 0.5) is 8.78 Å². The summed E-state index contributed by atoms with van der Waals surface area (Å²) in [6, 6.07) is 5.13. The molecule has 0 atom stereocenters. The topological polar surface area (TPSA) is 9.23 Å². The molecule has 0 unspecified atom stereocenters. The van der Waals surface area contributed by atoms with Crippen LogP contribution in [-0.2, 0) is 11.2 Å². The van der Waals surface area contributed by atoms with Gasteiger partial charge in [-0.3, -0.25) is 0 Å². The van der Waals surface area contributed by atoms with Crippen molar-refractivity contribution < 1.29 is 13.5 Å². The first-order valence-electron chi connectivity index (χ1n) is 5.14. The molecule has 16 heavy (non-hydrogen) atoms. The molecule has 1 nitrogen and oxygen atoms in total. The molecule has 0 aliphatic carbocycles. The van der Waals surface area contributed by atoms with E-state index < -0.39 is 6.43 Å². The van der Waals surface area contributed by atoms with E-state index >= 15 is 0 Å². The standard InChI is InChI=1S/C13H16F2O/c1-9-4-6-11(7-5-10(2)16-3)12(8-9)13(14)15/h4,6,8,13H,2,5,7H2,1,3H3. The molecule has 0 saturated carbocycles. The molecule has 1 aromatic rings. The number of halogens is 2. The molecule has 0 N–H and O–H groups in total. The average molecular weight is 226 g/mol. The van der Waals surface area contributed by atoms with Crippen molar-refractivity contribution in [1.82, 2.24) is 0 Å². The van der Waals surface area contributed by atoms with Gasteiger partial charge < -0.3 is 4.74 Å². The van der Waals surface area contributed by atoms with Gasteiger partial charge in [-0.1, -0.05) is 30.3 Å². The van der Waals surface area contributed by atoms with Crippen LogP contribution in [0.1, 0.15) is 29.5 Å². The van der Waals surface area contributed by atoms with E-state index in [9.17, 15) is 8.78 Å². The molecule has 0 spiro atoms. The molecule has 0 heterocycles. The minimum Gasteiger partial charge on any atom is -0.502 e. The van der Waals surface area contributed by atoms with Gasteiger partial charge in [0.05, 0.1) is 12.9 Å². The zero-order chi connectivity index (χ0) is 12.1. The quantitative estimate of drug-likeness (QED) is 0.689. The van der Waals surface area contributed by atoms with E-state index in [1.54, 1.807) is 6.07 Å². The summed E-state index contributed by atoms with van der Waals surface area (Å²) in [5.74, 6) is 0.612. The summed E-state index contributed by atoms with van der Waals surface area (Å²) in [4.78, 5) is 0. The first-order chi connectivity index (χ1) is 7.54. The van der Waals surface area contributed by atoms with Crippen LogP contribution in [0, 0.1) is 6.92 Å². The molecule has 1 rings (SSSR count). The number of aryl methyl sites for hydroxylation is 2. The maximum Gasteiger partial charge on any atom is 0.264 e. The lowest BCUT2D eigenvalue weighted by molar-refractivity contribution is 0.150. The zero-order valence-electron chi connectivity index (χ0n) is 9.59. The van der Waals surface area contributed by atoms with E-state index in [1.807, 2.05) is 13.0 Å².